The minimum atomic E-state index is 0.263. The Labute approximate surface area is 112 Å². The Morgan fingerprint density at radius 2 is 2.28 bits per heavy atom. The van der Waals surface area contributed by atoms with Crippen molar-refractivity contribution in [1.29, 1.82) is 0 Å². The highest BCUT2D eigenvalue weighted by atomic mass is 32.1. The molecule has 98 valence electrons. The summed E-state index contributed by atoms with van der Waals surface area (Å²) in [5.41, 5.74) is 1.35. The summed E-state index contributed by atoms with van der Waals surface area (Å²) in [4.78, 5) is 15.6. The van der Waals surface area contributed by atoms with Gasteiger partial charge in [-0.1, -0.05) is 12.8 Å². The first-order valence-electron chi connectivity index (χ1n) is 6.89. The number of thiophene rings is 1. The molecule has 1 amide bonds. The maximum Gasteiger partial charge on any atom is 0.236 e. The zero-order chi connectivity index (χ0) is 12.4. The third-order valence-corrected chi connectivity index (χ3v) is 5.08. The van der Waals surface area contributed by atoms with Gasteiger partial charge in [0, 0.05) is 24.0 Å². The Bertz CT molecular complexity index is 423. The summed E-state index contributed by atoms with van der Waals surface area (Å²) in [6.45, 7) is 2.22. The van der Waals surface area contributed by atoms with Crippen LogP contribution in [0.1, 0.15) is 36.1 Å². The molecule has 0 unspecified atom stereocenters. The van der Waals surface area contributed by atoms with Crippen LogP contribution >= 0.6 is 11.3 Å². The highest BCUT2D eigenvalue weighted by Gasteiger charge is 2.22. The zero-order valence-corrected chi connectivity index (χ0v) is 11.5. The second-order valence-electron chi connectivity index (χ2n) is 5.30. The first-order chi connectivity index (χ1) is 8.83. The Hall–Kier alpha value is -0.870. The SMILES string of the molecule is O=C(CNC1CCCC1)N1CCc2sccc2C1. The quantitative estimate of drug-likeness (QED) is 0.907. The van der Waals surface area contributed by atoms with Gasteiger partial charge in [0.05, 0.1) is 6.54 Å². The lowest BCUT2D eigenvalue weighted by Crippen LogP contribution is -2.42. The van der Waals surface area contributed by atoms with E-state index in [1.54, 1.807) is 0 Å². The van der Waals surface area contributed by atoms with Crippen molar-refractivity contribution in [2.75, 3.05) is 13.1 Å². The van der Waals surface area contributed by atoms with Gasteiger partial charge in [-0.05, 0) is 36.3 Å². The molecule has 3 rings (SSSR count). The number of fused-ring (bicyclic) bond motifs is 1. The highest BCUT2D eigenvalue weighted by Crippen LogP contribution is 2.24. The standard InChI is InChI=1S/C14H20N2OS/c17-14(9-15-12-3-1-2-4-12)16-7-5-13-11(10-16)6-8-18-13/h6,8,12,15H,1-5,7,9-10H2. The van der Waals surface area contributed by atoms with E-state index in [0.717, 1.165) is 19.5 Å². The molecule has 1 aliphatic heterocycles. The third kappa shape index (κ3) is 2.59. The number of nitrogens with one attached hydrogen (secondary N) is 1. The number of nitrogens with zero attached hydrogens (tertiary/aromatic N) is 1. The van der Waals surface area contributed by atoms with E-state index in [2.05, 4.69) is 16.8 Å². The fourth-order valence-electron chi connectivity index (χ4n) is 2.93. The van der Waals surface area contributed by atoms with Crippen molar-refractivity contribution in [3.05, 3.63) is 21.9 Å². The Balaban J connectivity index is 1.51. The monoisotopic (exact) mass is 264 g/mol. The van der Waals surface area contributed by atoms with Gasteiger partial charge >= 0.3 is 0 Å². The van der Waals surface area contributed by atoms with Gasteiger partial charge in [0.2, 0.25) is 5.91 Å². The van der Waals surface area contributed by atoms with Crippen molar-refractivity contribution < 1.29 is 4.79 Å². The molecule has 1 aromatic rings. The first kappa shape index (κ1) is 12.2. The minimum absolute atomic E-state index is 0.263. The molecule has 3 nitrogen and oxygen atoms in total. The second kappa shape index (κ2) is 5.41. The summed E-state index contributed by atoms with van der Waals surface area (Å²) < 4.78 is 0. The van der Waals surface area contributed by atoms with Crippen LogP contribution in [0, 0.1) is 0 Å². The van der Waals surface area contributed by atoms with E-state index in [1.165, 1.54) is 36.1 Å². The van der Waals surface area contributed by atoms with Crippen molar-refractivity contribution in [1.82, 2.24) is 10.2 Å². The molecule has 18 heavy (non-hydrogen) atoms. The van der Waals surface area contributed by atoms with E-state index in [9.17, 15) is 4.79 Å². The molecule has 1 saturated carbocycles. The van der Waals surface area contributed by atoms with E-state index < -0.39 is 0 Å². The number of rotatable bonds is 3. The number of amides is 1. The number of carbonyl (C=O) groups excluding carboxylic acids is 1. The van der Waals surface area contributed by atoms with Gasteiger partial charge in [-0.15, -0.1) is 11.3 Å². The maximum absolute atomic E-state index is 12.2. The van der Waals surface area contributed by atoms with Crippen LogP contribution in [0.4, 0.5) is 0 Å². The van der Waals surface area contributed by atoms with Crippen molar-refractivity contribution in [2.45, 2.75) is 44.7 Å². The van der Waals surface area contributed by atoms with Crippen molar-refractivity contribution in [3.63, 3.8) is 0 Å². The van der Waals surface area contributed by atoms with Crippen molar-refractivity contribution in [3.8, 4) is 0 Å². The van der Waals surface area contributed by atoms with E-state index in [4.69, 9.17) is 0 Å². The number of hydrogen-bond acceptors (Lipinski definition) is 3. The molecular formula is C14H20N2OS. The Morgan fingerprint density at radius 3 is 3.11 bits per heavy atom. The molecule has 0 radical (unpaired) electrons. The molecular weight excluding hydrogens is 244 g/mol. The topological polar surface area (TPSA) is 32.3 Å². The average molecular weight is 264 g/mol. The Kier molecular flexibility index (Phi) is 3.66. The fourth-order valence-corrected chi connectivity index (χ4v) is 3.82. The van der Waals surface area contributed by atoms with Gasteiger partial charge in [0.25, 0.3) is 0 Å². The molecule has 0 aromatic carbocycles. The summed E-state index contributed by atoms with van der Waals surface area (Å²) in [7, 11) is 0. The predicted molar refractivity (Wildman–Crippen MR) is 73.7 cm³/mol. The molecule has 0 spiro atoms. The molecule has 2 aliphatic rings. The van der Waals surface area contributed by atoms with Crippen LogP contribution in [-0.2, 0) is 17.8 Å². The summed E-state index contributed by atoms with van der Waals surface area (Å²) in [6, 6.07) is 2.74. The molecule has 1 aliphatic carbocycles. The average Bonchev–Trinajstić information content (AvgIpc) is 3.05. The molecule has 1 aromatic heterocycles. The summed E-state index contributed by atoms with van der Waals surface area (Å²) in [5.74, 6) is 0.263. The van der Waals surface area contributed by atoms with Gasteiger partial charge in [-0.2, -0.15) is 0 Å². The van der Waals surface area contributed by atoms with E-state index >= 15 is 0 Å². The Morgan fingerprint density at radius 1 is 1.44 bits per heavy atom. The van der Waals surface area contributed by atoms with E-state index in [1.807, 2.05) is 16.2 Å². The lowest BCUT2D eigenvalue weighted by molar-refractivity contribution is -0.131. The maximum atomic E-state index is 12.2. The normalized spacial score (nSPS) is 20.1. The number of carbonyl (C=O) groups is 1. The van der Waals surface area contributed by atoms with E-state index in [-0.39, 0.29) is 5.91 Å². The molecule has 1 N–H and O–H groups in total. The first-order valence-corrected chi connectivity index (χ1v) is 7.77. The van der Waals surface area contributed by atoms with Crippen LogP contribution in [-0.4, -0.2) is 29.9 Å². The minimum Gasteiger partial charge on any atom is -0.337 e. The van der Waals surface area contributed by atoms with Crippen LogP contribution < -0.4 is 5.32 Å². The van der Waals surface area contributed by atoms with Crippen LogP contribution in [0.3, 0.4) is 0 Å². The van der Waals surface area contributed by atoms with Crippen LogP contribution in [0.2, 0.25) is 0 Å². The molecule has 1 fully saturated rings. The fraction of sp³-hybridized carbons (Fsp3) is 0.643. The molecule has 0 bridgehead atoms. The molecule has 2 heterocycles. The lowest BCUT2D eigenvalue weighted by Gasteiger charge is -2.27. The van der Waals surface area contributed by atoms with Gasteiger partial charge in [0.1, 0.15) is 0 Å². The second-order valence-corrected chi connectivity index (χ2v) is 6.30. The van der Waals surface area contributed by atoms with Gasteiger partial charge in [-0.25, -0.2) is 0 Å². The van der Waals surface area contributed by atoms with Gasteiger partial charge < -0.3 is 10.2 Å². The van der Waals surface area contributed by atoms with Crippen LogP contribution in [0.25, 0.3) is 0 Å². The smallest absolute Gasteiger partial charge is 0.236 e. The highest BCUT2D eigenvalue weighted by molar-refractivity contribution is 7.10. The predicted octanol–water partition coefficient (Wildman–Crippen LogP) is 2.17. The van der Waals surface area contributed by atoms with Gasteiger partial charge in [-0.3, -0.25) is 4.79 Å². The summed E-state index contributed by atoms with van der Waals surface area (Å²) in [6.07, 6.45) is 6.13. The van der Waals surface area contributed by atoms with Gasteiger partial charge in [0.15, 0.2) is 0 Å². The van der Waals surface area contributed by atoms with E-state index in [0.29, 0.717) is 12.6 Å². The molecule has 4 heteroatoms. The van der Waals surface area contributed by atoms with Crippen molar-refractivity contribution in [2.24, 2.45) is 0 Å². The molecule has 0 saturated heterocycles. The number of hydrogen-bond donors (Lipinski definition) is 1. The summed E-state index contributed by atoms with van der Waals surface area (Å²) in [5, 5.41) is 5.54. The molecule has 0 atom stereocenters. The summed E-state index contributed by atoms with van der Waals surface area (Å²) >= 11 is 1.82. The van der Waals surface area contributed by atoms with Crippen molar-refractivity contribution >= 4 is 17.2 Å². The zero-order valence-electron chi connectivity index (χ0n) is 10.7. The van der Waals surface area contributed by atoms with Crippen LogP contribution in [0.5, 0.6) is 0 Å². The lowest BCUT2D eigenvalue weighted by atomic mass is 10.1. The third-order valence-electron chi connectivity index (χ3n) is 4.06. The largest absolute Gasteiger partial charge is 0.337 e. The van der Waals surface area contributed by atoms with Crippen LogP contribution in [0.15, 0.2) is 11.4 Å².